The van der Waals surface area contributed by atoms with Crippen LogP contribution in [0, 0.1) is 5.82 Å². The fourth-order valence-corrected chi connectivity index (χ4v) is 4.84. The molecule has 1 heterocycles. The van der Waals surface area contributed by atoms with Crippen LogP contribution in [0.5, 0.6) is 0 Å². The van der Waals surface area contributed by atoms with Crippen LogP contribution in [0.1, 0.15) is 43.6 Å². The van der Waals surface area contributed by atoms with Crippen LogP contribution in [0.25, 0.3) is 11.1 Å². The Morgan fingerprint density at radius 1 is 0.964 bits per heavy atom. The van der Waals surface area contributed by atoms with E-state index in [1.54, 1.807) is 6.07 Å². The lowest BCUT2D eigenvalue weighted by Crippen LogP contribution is -2.49. The third kappa shape index (κ3) is 4.29. The van der Waals surface area contributed by atoms with Gasteiger partial charge in [-0.15, -0.1) is 0 Å². The van der Waals surface area contributed by atoms with Gasteiger partial charge in [0, 0.05) is 44.2 Å². The van der Waals surface area contributed by atoms with E-state index < -0.39 is 5.60 Å². The fraction of sp³-hybridized carbons (Fsp3) is 0.500. The Kier molecular flexibility index (Phi) is 6.10. The molecular weight excluding hydrogens is 351 g/mol. The molecule has 0 radical (unpaired) electrons. The van der Waals surface area contributed by atoms with Gasteiger partial charge in [0.15, 0.2) is 0 Å². The van der Waals surface area contributed by atoms with Crippen LogP contribution in [0.3, 0.4) is 0 Å². The van der Waals surface area contributed by atoms with Crippen LogP contribution in [0.4, 0.5) is 4.39 Å². The number of benzene rings is 2. The molecule has 4 heteroatoms. The van der Waals surface area contributed by atoms with Gasteiger partial charge in [0.2, 0.25) is 0 Å². The van der Waals surface area contributed by atoms with Crippen molar-refractivity contribution in [1.29, 1.82) is 0 Å². The first kappa shape index (κ1) is 19.6. The number of rotatable bonds is 5. The summed E-state index contributed by atoms with van der Waals surface area (Å²) in [6, 6.07) is 15.1. The third-order valence-corrected chi connectivity index (χ3v) is 6.52. The maximum atomic E-state index is 14.1. The first-order valence-electron chi connectivity index (χ1n) is 10.7. The molecule has 1 saturated carbocycles. The smallest absolute Gasteiger partial charge is 0.131 e. The molecule has 1 aliphatic carbocycles. The summed E-state index contributed by atoms with van der Waals surface area (Å²) >= 11 is 0. The second-order valence-electron chi connectivity index (χ2n) is 8.37. The zero-order valence-corrected chi connectivity index (χ0v) is 16.5. The molecule has 1 aliphatic heterocycles. The Hall–Kier alpha value is -1.75. The van der Waals surface area contributed by atoms with Crippen LogP contribution in [0.15, 0.2) is 48.5 Å². The van der Waals surface area contributed by atoms with E-state index in [1.807, 2.05) is 24.3 Å². The predicted octanol–water partition coefficient (Wildman–Crippen LogP) is 4.18. The Morgan fingerprint density at radius 2 is 1.64 bits per heavy atom. The van der Waals surface area contributed by atoms with Crippen molar-refractivity contribution in [3.05, 3.63) is 59.9 Å². The second-order valence-corrected chi connectivity index (χ2v) is 8.37. The van der Waals surface area contributed by atoms with Crippen molar-refractivity contribution >= 4 is 0 Å². The minimum atomic E-state index is -0.636. The maximum Gasteiger partial charge on any atom is 0.131 e. The molecule has 2 aromatic rings. The number of hydrogen-bond donors (Lipinski definition) is 2. The molecule has 28 heavy (non-hydrogen) atoms. The summed E-state index contributed by atoms with van der Waals surface area (Å²) in [5.74, 6) is -0.0981. The van der Waals surface area contributed by atoms with E-state index >= 15 is 0 Å². The number of halogens is 1. The molecule has 0 amide bonds. The lowest BCUT2D eigenvalue weighted by atomic mass is 9.72. The van der Waals surface area contributed by atoms with Gasteiger partial charge in [0.25, 0.3) is 0 Å². The van der Waals surface area contributed by atoms with Gasteiger partial charge in [-0.1, -0.05) is 61.7 Å². The van der Waals surface area contributed by atoms with E-state index in [1.165, 1.54) is 18.1 Å². The number of nitrogens with one attached hydrogen (secondary N) is 1. The standard InChI is InChI=1S/C24H31FN2O/c25-23-7-3-2-6-21(23)19-8-10-20(11-9-19)22(18-27-16-14-26-15-17-27)24(28)12-4-1-5-13-24/h2-3,6-11,22,26,28H,1,4-5,12-18H2. The Bertz CT molecular complexity index is 764. The summed E-state index contributed by atoms with van der Waals surface area (Å²) in [4.78, 5) is 2.47. The maximum absolute atomic E-state index is 14.1. The summed E-state index contributed by atoms with van der Waals surface area (Å²) in [5, 5.41) is 15.0. The van der Waals surface area contributed by atoms with Gasteiger partial charge in [-0.3, -0.25) is 0 Å². The van der Waals surface area contributed by atoms with Crippen molar-refractivity contribution in [3.8, 4) is 11.1 Å². The number of hydrogen-bond acceptors (Lipinski definition) is 3. The molecule has 4 rings (SSSR count). The van der Waals surface area contributed by atoms with Crippen molar-refractivity contribution in [2.75, 3.05) is 32.7 Å². The second kappa shape index (κ2) is 8.73. The minimum absolute atomic E-state index is 0.0978. The van der Waals surface area contributed by atoms with E-state index in [-0.39, 0.29) is 11.7 Å². The monoisotopic (exact) mass is 382 g/mol. The van der Waals surface area contributed by atoms with Crippen LogP contribution in [-0.2, 0) is 0 Å². The van der Waals surface area contributed by atoms with Crippen molar-refractivity contribution in [1.82, 2.24) is 10.2 Å². The van der Waals surface area contributed by atoms with Crippen LogP contribution < -0.4 is 5.32 Å². The molecule has 2 fully saturated rings. The molecule has 1 unspecified atom stereocenters. The summed E-state index contributed by atoms with van der Waals surface area (Å²) in [6.45, 7) is 4.96. The van der Waals surface area contributed by atoms with E-state index in [0.29, 0.717) is 5.56 Å². The minimum Gasteiger partial charge on any atom is -0.389 e. The van der Waals surface area contributed by atoms with E-state index in [0.717, 1.165) is 64.0 Å². The molecule has 1 saturated heterocycles. The molecule has 0 spiro atoms. The normalized spacial score (nSPS) is 21.4. The highest BCUT2D eigenvalue weighted by Crippen LogP contribution is 2.41. The molecule has 3 nitrogen and oxygen atoms in total. The Labute approximate surface area is 167 Å². The molecule has 0 bridgehead atoms. The van der Waals surface area contributed by atoms with E-state index in [9.17, 15) is 9.50 Å². The Balaban J connectivity index is 1.61. The molecule has 2 aromatic carbocycles. The average Bonchev–Trinajstić information content (AvgIpc) is 2.74. The molecular formula is C24H31FN2O. The molecule has 150 valence electrons. The van der Waals surface area contributed by atoms with E-state index in [4.69, 9.17) is 0 Å². The van der Waals surface area contributed by atoms with Gasteiger partial charge in [0.05, 0.1) is 5.60 Å². The van der Waals surface area contributed by atoms with Crippen LogP contribution in [-0.4, -0.2) is 48.3 Å². The van der Waals surface area contributed by atoms with Gasteiger partial charge in [-0.2, -0.15) is 0 Å². The van der Waals surface area contributed by atoms with Gasteiger partial charge < -0.3 is 15.3 Å². The highest BCUT2D eigenvalue weighted by Gasteiger charge is 2.39. The largest absolute Gasteiger partial charge is 0.389 e. The summed E-state index contributed by atoms with van der Waals surface area (Å²) in [7, 11) is 0. The number of aliphatic hydroxyl groups is 1. The van der Waals surface area contributed by atoms with Crippen LogP contribution >= 0.6 is 0 Å². The Morgan fingerprint density at radius 3 is 2.32 bits per heavy atom. The van der Waals surface area contributed by atoms with E-state index in [2.05, 4.69) is 22.3 Å². The number of piperazine rings is 1. The first-order chi connectivity index (χ1) is 13.7. The zero-order chi connectivity index (χ0) is 19.4. The van der Waals surface area contributed by atoms with Gasteiger partial charge in [0.1, 0.15) is 5.82 Å². The molecule has 0 aromatic heterocycles. The van der Waals surface area contributed by atoms with Crippen molar-refractivity contribution in [2.24, 2.45) is 0 Å². The highest BCUT2D eigenvalue weighted by atomic mass is 19.1. The third-order valence-electron chi connectivity index (χ3n) is 6.52. The van der Waals surface area contributed by atoms with Gasteiger partial charge in [-0.05, 0) is 30.0 Å². The fourth-order valence-electron chi connectivity index (χ4n) is 4.84. The summed E-state index contributed by atoms with van der Waals surface area (Å²) < 4.78 is 14.1. The molecule has 2 aliphatic rings. The topological polar surface area (TPSA) is 35.5 Å². The first-order valence-corrected chi connectivity index (χ1v) is 10.7. The summed E-state index contributed by atoms with van der Waals surface area (Å²) in [6.07, 6.45) is 5.16. The van der Waals surface area contributed by atoms with Crippen molar-refractivity contribution in [3.63, 3.8) is 0 Å². The quantitative estimate of drug-likeness (QED) is 0.814. The van der Waals surface area contributed by atoms with Crippen LogP contribution in [0.2, 0.25) is 0 Å². The predicted molar refractivity (Wildman–Crippen MR) is 112 cm³/mol. The van der Waals surface area contributed by atoms with Crippen molar-refractivity contribution < 1.29 is 9.50 Å². The number of nitrogens with zero attached hydrogens (tertiary/aromatic N) is 1. The average molecular weight is 383 g/mol. The lowest BCUT2D eigenvalue weighted by molar-refractivity contribution is -0.0316. The van der Waals surface area contributed by atoms with Gasteiger partial charge >= 0.3 is 0 Å². The highest BCUT2D eigenvalue weighted by molar-refractivity contribution is 5.64. The van der Waals surface area contributed by atoms with Crippen molar-refractivity contribution in [2.45, 2.75) is 43.6 Å². The zero-order valence-electron chi connectivity index (χ0n) is 16.5. The SMILES string of the molecule is OC1(C(CN2CCNCC2)c2ccc(-c3ccccc3F)cc2)CCCCC1. The summed E-state index contributed by atoms with van der Waals surface area (Å²) in [5.41, 5.74) is 2.05. The lowest BCUT2D eigenvalue weighted by Gasteiger charge is -2.42. The molecule has 2 N–H and O–H groups in total. The molecule has 1 atom stereocenters. The van der Waals surface area contributed by atoms with Gasteiger partial charge in [-0.25, -0.2) is 4.39 Å².